The Morgan fingerprint density at radius 2 is 2.00 bits per heavy atom. The summed E-state index contributed by atoms with van der Waals surface area (Å²) in [4.78, 5) is 39.7. The van der Waals surface area contributed by atoms with E-state index in [-0.39, 0.29) is 42.4 Å². The molecular weight excluding hydrogens is 542 g/mol. The van der Waals surface area contributed by atoms with E-state index in [1.54, 1.807) is 12.5 Å². The highest BCUT2D eigenvalue weighted by atomic mass is 16.7. The van der Waals surface area contributed by atoms with Crippen LogP contribution in [-0.2, 0) is 20.8 Å². The van der Waals surface area contributed by atoms with Gasteiger partial charge in [-0.25, -0.2) is 24.5 Å². The SMILES string of the molecule is CCNC(=O)Nc1ncnc2c1ncn2C1CC(COCc2c[nH]cc2C(=O)O)C2O[C@H](/C=C/c3ccccc3)OC21. The summed E-state index contributed by atoms with van der Waals surface area (Å²) in [6.07, 6.45) is 9.50. The lowest BCUT2D eigenvalue weighted by Crippen LogP contribution is -2.29. The number of rotatable bonds is 10. The van der Waals surface area contributed by atoms with E-state index in [1.807, 2.05) is 54.0 Å². The van der Waals surface area contributed by atoms with Gasteiger partial charge in [0.05, 0.1) is 37.3 Å². The van der Waals surface area contributed by atoms with Crippen molar-refractivity contribution in [2.24, 2.45) is 5.92 Å². The van der Waals surface area contributed by atoms with Crippen LogP contribution in [0.4, 0.5) is 10.6 Å². The van der Waals surface area contributed by atoms with Gasteiger partial charge in [0.1, 0.15) is 12.4 Å². The number of urea groups is 1. The Kier molecular flexibility index (Phi) is 7.95. The Morgan fingerprint density at radius 3 is 2.81 bits per heavy atom. The first-order valence-electron chi connectivity index (χ1n) is 13.7. The molecule has 0 bridgehead atoms. The number of imidazole rings is 1. The standard InChI is InChI=1S/C29H31N7O6/c1-2-31-29(39)35-26-23-27(33-15-32-26)36(16-34-23)21-10-18(13-40-14-19-11-30-12-20(19)28(37)38)24-25(21)42-22(41-24)9-8-17-6-4-3-5-7-17/h3-9,11-12,15-16,18,21-22,24-25,30H,2,10,13-14H2,1H3,(H,37,38)(H2,31,32,33,35,39)/b9-8+/t18?,21?,22-,24?,25?/m0/s1. The van der Waals surface area contributed by atoms with Crippen molar-refractivity contribution in [1.29, 1.82) is 0 Å². The van der Waals surface area contributed by atoms with E-state index in [2.05, 4.69) is 30.6 Å². The van der Waals surface area contributed by atoms with Crippen LogP contribution in [0.1, 0.15) is 40.9 Å². The van der Waals surface area contributed by atoms with Gasteiger partial charge in [0.25, 0.3) is 0 Å². The number of nitrogens with one attached hydrogen (secondary N) is 3. The molecule has 13 nitrogen and oxygen atoms in total. The number of fused-ring (bicyclic) bond motifs is 2. The Hall–Kier alpha value is -4.59. The van der Waals surface area contributed by atoms with Crippen LogP contribution in [0.5, 0.6) is 0 Å². The molecule has 2 amide bonds. The molecule has 1 saturated carbocycles. The Labute approximate surface area is 240 Å². The number of carboxylic acid groups (broad SMARTS) is 1. The average molecular weight is 574 g/mol. The predicted molar refractivity (Wildman–Crippen MR) is 152 cm³/mol. The van der Waals surface area contributed by atoms with Crippen LogP contribution >= 0.6 is 0 Å². The molecule has 1 saturated heterocycles. The number of H-pyrrole nitrogens is 1. The number of nitrogens with zero attached hydrogens (tertiary/aromatic N) is 4. The molecule has 2 fully saturated rings. The van der Waals surface area contributed by atoms with Gasteiger partial charge in [-0.05, 0) is 25.0 Å². The van der Waals surface area contributed by atoms with Crippen molar-refractivity contribution in [2.75, 3.05) is 18.5 Å². The molecular formula is C29H31N7O6. The molecule has 4 N–H and O–H groups in total. The molecule has 218 valence electrons. The second-order valence-corrected chi connectivity index (χ2v) is 10.1. The molecule has 2 aliphatic rings. The van der Waals surface area contributed by atoms with E-state index < -0.39 is 12.3 Å². The van der Waals surface area contributed by atoms with Gasteiger partial charge in [-0.1, -0.05) is 36.4 Å². The minimum Gasteiger partial charge on any atom is -0.478 e. The fourth-order valence-electron chi connectivity index (χ4n) is 5.58. The molecule has 0 spiro atoms. The van der Waals surface area contributed by atoms with E-state index in [4.69, 9.17) is 14.2 Å². The molecule has 0 radical (unpaired) electrons. The van der Waals surface area contributed by atoms with Crippen LogP contribution in [0.2, 0.25) is 0 Å². The zero-order chi connectivity index (χ0) is 29.1. The first-order chi connectivity index (χ1) is 20.5. The zero-order valence-corrected chi connectivity index (χ0v) is 22.8. The molecule has 42 heavy (non-hydrogen) atoms. The number of hydrogen-bond acceptors (Lipinski definition) is 8. The largest absolute Gasteiger partial charge is 0.478 e. The number of carbonyl (C=O) groups excluding carboxylic acids is 1. The molecule has 5 atom stereocenters. The number of hydrogen-bond donors (Lipinski definition) is 4. The van der Waals surface area contributed by atoms with Gasteiger partial charge < -0.3 is 34.2 Å². The van der Waals surface area contributed by atoms with Crippen molar-refractivity contribution in [2.45, 2.75) is 44.5 Å². The molecule has 13 heteroatoms. The first kappa shape index (κ1) is 27.6. The van der Waals surface area contributed by atoms with Crippen molar-refractivity contribution in [3.8, 4) is 0 Å². The van der Waals surface area contributed by atoms with Crippen molar-refractivity contribution >= 4 is 35.1 Å². The van der Waals surface area contributed by atoms with E-state index in [1.165, 1.54) is 12.5 Å². The van der Waals surface area contributed by atoms with Gasteiger partial charge in [0.2, 0.25) is 0 Å². The zero-order valence-electron chi connectivity index (χ0n) is 22.8. The van der Waals surface area contributed by atoms with Crippen LogP contribution in [0.15, 0.2) is 61.5 Å². The molecule has 1 aromatic carbocycles. The van der Waals surface area contributed by atoms with E-state index in [0.29, 0.717) is 42.1 Å². The molecule has 4 heterocycles. The number of ether oxygens (including phenoxy) is 3. The van der Waals surface area contributed by atoms with Gasteiger partial charge in [-0.15, -0.1) is 0 Å². The summed E-state index contributed by atoms with van der Waals surface area (Å²) in [6.45, 7) is 2.79. The number of carboxylic acids is 1. The summed E-state index contributed by atoms with van der Waals surface area (Å²) in [5.41, 5.74) is 2.82. The number of aromatic carboxylic acids is 1. The van der Waals surface area contributed by atoms with Gasteiger partial charge in [0.15, 0.2) is 23.3 Å². The topological polar surface area (TPSA) is 166 Å². The second kappa shape index (κ2) is 12.1. The summed E-state index contributed by atoms with van der Waals surface area (Å²) in [5.74, 6) is -0.742. The number of benzene rings is 1. The number of anilines is 1. The van der Waals surface area contributed by atoms with Crippen molar-refractivity contribution in [1.82, 2.24) is 29.8 Å². The normalized spacial score (nSPS) is 23.4. The maximum Gasteiger partial charge on any atom is 0.337 e. The van der Waals surface area contributed by atoms with Gasteiger partial charge in [-0.2, -0.15) is 0 Å². The van der Waals surface area contributed by atoms with Crippen LogP contribution < -0.4 is 10.6 Å². The number of amides is 2. The Bertz CT molecular complexity index is 1590. The highest BCUT2D eigenvalue weighted by molar-refractivity contribution is 5.95. The van der Waals surface area contributed by atoms with E-state index in [0.717, 1.165) is 5.56 Å². The minimum absolute atomic E-state index is 0.0467. The quantitative estimate of drug-likeness (QED) is 0.222. The Morgan fingerprint density at radius 1 is 1.17 bits per heavy atom. The van der Waals surface area contributed by atoms with Crippen LogP contribution in [0.25, 0.3) is 17.2 Å². The van der Waals surface area contributed by atoms with Crippen LogP contribution in [0.3, 0.4) is 0 Å². The third-order valence-corrected chi connectivity index (χ3v) is 7.48. The molecule has 4 unspecified atom stereocenters. The fourth-order valence-corrected chi connectivity index (χ4v) is 5.58. The minimum atomic E-state index is -1.01. The smallest absolute Gasteiger partial charge is 0.337 e. The second-order valence-electron chi connectivity index (χ2n) is 10.1. The lowest BCUT2D eigenvalue weighted by Gasteiger charge is -2.19. The molecule has 3 aromatic heterocycles. The summed E-state index contributed by atoms with van der Waals surface area (Å²) in [6, 6.07) is 9.34. The van der Waals surface area contributed by atoms with Gasteiger partial charge in [0, 0.05) is 30.4 Å². The molecule has 4 aromatic rings. The average Bonchev–Trinajstić information content (AvgIpc) is 3.77. The van der Waals surface area contributed by atoms with Crippen molar-refractivity contribution in [3.05, 3.63) is 78.1 Å². The third-order valence-electron chi connectivity index (χ3n) is 7.48. The van der Waals surface area contributed by atoms with E-state index >= 15 is 0 Å². The number of carbonyl (C=O) groups is 2. The van der Waals surface area contributed by atoms with Crippen molar-refractivity contribution < 1.29 is 28.9 Å². The van der Waals surface area contributed by atoms with Crippen molar-refractivity contribution in [3.63, 3.8) is 0 Å². The van der Waals surface area contributed by atoms with Crippen LogP contribution in [-0.4, -0.2) is 73.3 Å². The summed E-state index contributed by atoms with van der Waals surface area (Å²) < 4.78 is 20.8. The lowest BCUT2D eigenvalue weighted by atomic mass is 10.1. The summed E-state index contributed by atoms with van der Waals surface area (Å²) in [5, 5.41) is 14.8. The number of aromatic nitrogens is 5. The summed E-state index contributed by atoms with van der Waals surface area (Å²) >= 11 is 0. The molecule has 1 aliphatic heterocycles. The predicted octanol–water partition coefficient (Wildman–Crippen LogP) is 3.60. The maximum absolute atomic E-state index is 12.1. The third kappa shape index (κ3) is 5.62. The van der Waals surface area contributed by atoms with Gasteiger partial charge >= 0.3 is 12.0 Å². The van der Waals surface area contributed by atoms with Crippen LogP contribution in [0, 0.1) is 5.92 Å². The van der Waals surface area contributed by atoms with Gasteiger partial charge in [-0.3, -0.25) is 5.32 Å². The molecule has 6 rings (SSSR count). The monoisotopic (exact) mass is 573 g/mol. The number of aromatic amines is 1. The first-order valence-corrected chi connectivity index (χ1v) is 13.7. The highest BCUT2D eigenvalue weighted by Gasteiger charge is 2.52. The molecule has 1 aliphatic carbocycles. The maximum atomic E-state index is 12.1. The highest BCUT2D eigenvalue weighted by Crippen LogP contribution is 2.45. The fraction of sp³-hybridized carbons (Fsp3) is 0.345. The summed E-state index contributed by atoms with van der Waals surface area (Å²) in [7, 11) is 0. The lowest BCUT2D eigenvalue weighted by molar-refractivity contribution is -0.0586. The Balaban J connectivity index is 1.23. The van der Waals surface area contributed by atoms with E-state index in [9.17, 15) is 14.7 Å².